The number of hydrogen-bond donors (Lipinski definition) is 3. The lowest BCUT2D eigenvalue weighted by Crippen LogP contribution is -3.11. The zero-order valence-electron chi connectivity index (χ0n) is 16.9. The molecule has 0 fully saturated rings. The maximum absolute atomic E-state index is 12.2. The lowest BCUT2D eigenvalue weighted by atomic mass is 10.2. The molecule has 0 aromatic heterocycles. The van der Waals surface area contributed by atoms with Gasteiger partial charge >= 0.3 is 0 Å². The molecule has 0 spiro atoms. The van der Waals surface area contributed by atoms with E-state index in [4.69, 9.17) is 4.74 Å². The van der Waals surface area contributed by atoms with Crippen molar-refractivity contribution in [2.24, 2.45) is 0 Å². The van der Waals surface area contributed by atoms with Crippen LogP contribution in [-0.4, -0.2) is 59.4 Å². The zero-order chi connectivity index (χ0) is 20.3. The minimum atomic E-state index is -3.42. The lowest BCUT2D eigenvalue weighted by Gasteiger charge is -2.18. The first-order valence-corrected chi connectivity index (χ1v) is 11.2. The number of carbonyl (C=O) groups is 1. The number of nitrogens with one attached hydrogen (secondary N) is 3. The first-order valence-electron chi connectivity index (χ1n) is 9.57. The van der Waals surface area contributed by atoms with E-state index in [9.17, 15) is 13.2 Å². The fourth-order valence-corrected chi connectivity index (χ4v) is 4.05. The van der Waals surface area contributed by atoms with Crippen LogP contribution in [0.4, 0.5) is 0 Å². The van der Waals surface area contributed by atoms with Crippen LogP contribution in [0.15, 0.2) is 24.3 Å². The predicted molar refractivity (Wildman–Crippen MR) is 108 cm³/mol. The number of carbonyl (C=O) groups excluding carboxylic acids is 1. The Morgan fingerprint density at radius 1 is 1.19 bits per heavy atom. The van der Waals surface area contributed by atoms with Gasteiger partial charge in [0.15, 0.2) is 0 Å². The quantitative estimate of drug-likeness (QED) is 0.448. The summed E-state index contributed by atoms with van der Waals surface area (Å²) in [4.78, 5) is 13.6. The molecule has 0 aliphatic heterocycles. The van der Waals surface area contributed by atoms with Gasteiger partial charge in [0.1, 0.15) is 5.75 Å². The summed E-state index contributed by atoms with van der Waals surface area (Å²) in [6, 6.07) is 6.55. The molecule has 0 aliphatic rings. The Morgan fingerprint density at radius 3 is 2.37 bits per heavy atom. The van der Waals surface area contributed by atoms with E-state index in [-0.39, 0.29) is 24.2 Å². The molecule has 8 heteroatoms. The Labute approximate surface area is 163 Å². The summed E-state index contributed by atoms with van der Waals surface area (Å²) in [5.41, 5.74) is 0.466. The van der Waals surface area contributed by atoms with Crippen molar-refractivity contribution < 1.29 is 22.8 Å². The van der Waals surface area contributed by atoms with Crippen LogP contribution < -0.4 is 19.7 Å². The number of quaternary nitrogens is 1. The third-order valence-electron chi connectivity index (χ3n) is 4.56. The second-order valence-electron chi connectivity index (χ2n) is 6.67. The molecule has 0 bridgehead atoms. The Kier molecular flexibility index (Phi) is 10.4. The van der Waals surface area contributed by atoms with Crippen molar-refractivity contribution in [3.05, 3.63) is 29.8 Å². The van der Waals surface area contributed by atoms with E-state index in [1.807, 2.05) is 6.92 Å². The van der Waals surface area contributed by atoms with Crippen LogP contribution in [0.3, 0.4) is 0 Å². The van der Waals surface area contributed by atoms with Crippen molar-refractivity contribution in [3.8, 4) is 5.75 Å². The van der Waals surface area contributed by atoms with Crippen LogP contribution in [0.25, 0.3) is 0 Å². The van der Waals surface area contributed by atoms with Crippen LogP contribution in [0.5, 0.6) is 5.75 Å². The third kappa shape index (κ3) is 9.21. The summed E-state index contributed by atoms with van der Waals surface area (Å²) >= 11 is 0. The topological polar surface area (TPSA) is 88.9 Å². The number of ether oxygens (including phenoxy) is 1. The highest BCUT2D eigenvalue weighted by atomic mass is 32.2. The van der Waals surface area contributed by atoms with Crippen molar-refractivity contribution in [2.75, 3.05) is 39.0 Å². The van der Waals surface area contributed by atoms with Gasteiger partial charge in [-0.05, 0) is 57.9 Å². The number of amides is 1. The number of sulfonamides is 1. The number of hydrogen-bond acceptors (Lipinski definition) is 4. The second-order valence-corrected chi connectivity index (χ2v) is 8.54. The van der Waals surface area contributed by atoms with Gasteiger partial charge in [-0.2, -0.15) is 0 Å². The molecule has 154 valence electrons. The second kappa shape index (κ2) is 11.9. The van der Waals surface area contributed by atoms with Gasteiger partial charge in [-0.1, -0.05) is 0 Å². The van der Waals surface area contributed by atoms with Gasteiger partial charge < -0.3 is 15.0 Å². The van der Waals surface area contributed by atoms with E-state index in [1.54, 1.807) is 31.4 Å². The minimum Gasteiger partial charge on any atom is -0.497 e. The maximum Gasteiger partial charge on any atom is 0.251 e. The largest absolute Gasteiger partial charge is 0.497 e. The molecule has 0 unspecified atom stereocenters. The van der Waals surface area contributed by atoms with Crippen LogP contribution >= 0.6 is 0 Å². The molecule has 1 aromatic rings. The highest BCUT2D eigenvalue weighted by molar-refractivity contribution is 7.89. The van der Waals surface area contributed by atoms with E-state index in [0.717, 1.165) is 32.5 Å². The van der Waals surface area contributed by atoms with Gasteiger partial charge in [0.2, 0.25) is 10.0 Å². The SMILES string of the molecule is CC[NH+](CC)CCC[C@H](C)NS(=O)(=O)CCNC(=O)c1ccc(OC)cc1. The average Bonchev–Trinajstić information content (AvgIpc) is 2.64. The molecule has 1 amide bonds. The minimum absolute atomic E-state index is 0.0660. The van der Waals surface area contributed by atoms with E-state index >= 15 is 0 Å². The van der Waals surface area contributed by atoms with Crippen molar-refractivity contribution in [2.45, 2.75) is 39.7 Å². The predicted octanol–water partition coefficient (Wildman–Crippen LogP) is 0.438. The van der Waals surface area contributed by atoms with Gasteiger partial charge in [0, 0.05) is 18.2 Å². The van der Waals surface area contributed by atoms with Gasteiger partial charge in [0.25, 0.3) is 5.91 Å². The summed E-state index contributed by atoms with van der Waals surface area (Å²) in [7, 11) is -1.87. The highest BCUT2D eigenvalue weighted by Crippen LogP contribution is 2.10. The Hall–Kier alpha value is -1.64. The molecular formula is C19H34N3O4S+. The fourth-order valence-electron chi connectivity index (χ4n) is 2.83. The molecule has 0 saturated heterocycles. The van der Waals surface area contributed by atoms with Gasteiger partial charge in [-0.25, -0.2) is 13.1 Å². The highest BCUT2D eigenvalue weighted by Gasteiger charge is 2.16. The van der Waals surface area contributed by atoms with E-state index in [2.05, 4.69) is 23.9 Å². The molecule has 1 rings (SSSR count). The van der Waals surface area contributed by atoms with Crippen LogP contribution in [0.2, 0.25) is 0 Å². The number of rotatable bonds is 13. The normalized spacial score (nSPS) is 12.8. The van der Waals surface area contributed by atoms with E-state index < -0.39 is 10.0 Å². The molecule has 1 aromatic carbocycles. The van der Waals surface area contributed by atoms with E-state index in [0.29, 0.717) is 11.3 Å². The van der Waals surface area contributed by atoms with Crippen LogP contribution in [-0.2, 0) is 10.0 Å². The molecule has 0 heterocycles. The first-order chi connectivity index (χ1) is 12.8. The summed E-state index contributed by atoms with van der Waals surface area (Å²) in [6.45, 7) is 9.49. The Balaban J connectivity index is 2.34. The van der Waals surface area contributed by atoms with E-state index in [1.165, 1.54) is 4.90 Å². The third-order valence-corrected chi connectivity index (χ3v) is 6.06. The Bertz CT molecular complexity index is 658. The summed E-state index contributed by atoms with van der Waals surface area (Å²) in [5.74, 6) is 0.221. The average molecular weight is 401 g/mol. The molecule has 0 saturated carbocycles. The monoisotopic (exact) mass is 400 g/mol. The fraction of sp³-hybridized carbons (Fsp3) is 0.632. The van der Waals surface area contributed by atoms with Crippen molar-refractivity contribution >= 4 is 15.9 Å². The zero-order valence-corrected chi connectivity index (χ0v) is 17.7. The standard InChI is InChI=1S/C19H33N3O4S/c1-5-22(6-2)14-7-8-16(3)21-27(24,25)15-13-20-19(23)17-9-11-18(26-4)12-10-17/h9-12,16,21H,5-8,13-15H2,1-4H3,(H,20,23)/p+1/t16-/m0/s1. The van der Waals surface area contributed by atoms with Gasteiger partial charge in [-0.15, -0.1) is 0 Å². The molecule has 0 radical (unpaired) electrons. The van der Waals surface area contributed by atoms with Gasteiger partial charge in [-0.3, -0.25) is 4.79 Å². The van der Waals surface area contributed by atoms with Crippen molar-refractivity contribution in [3.63, 3.8) is 0 Å². The van der Waals surface area contributed by atoms with Crippen LogP contribution in [0.1, 0.15) is 44.0 Å². The smallest absolute Gasteiger partial charge is 0.251 e. The summed E-state index contributed by atoms with van der Waals surface area (Å²) < 4.78 is 32.1. The molecule has 7 nitrogen and oxygen atoms in total. The molecular weight excluding hydrogens is 366 g/mol. The number of benzene rings is 1. The molecule has 0 aliphatic carbocycles. The molecule has 3 N–H and O–H groups in total. The van der Waals surface area contributed by atoms with Crippen LogP contribution in [0, 0.1) is 0 Å². The molecule has 27 heavy (non-hydrogen) atoms. The van der Waals surface area contributed by atoms with Crippen molar-refractivity contribution in [1.82, 2.24) is 10.0 Å². The maximum atomic E-state index is 12.2. The summed E-state index contributed by atoms with van der Waals surface area (Å²) in [6.07, 6.45) is 1.79. The molecule has 1 atom stereocenters. The van der Waals surface area contributed by atoms with Crippen molar-refractivity contribution in [1.29, 1.82) is 0 Å². The van der Waals surface area contributed by atoms with Gasteiger partial charge in [0.05, 0.1) is 32.5 Å². The Morgan fingerprint density at radius 2 is 1.81 bits per heavy atom. The number of methoxy groups -OCH3 is 1. The summed E-state index contributed by atoms with van der Waals surface area (Å²) in [5, 5.41) is 2.64. The first kappa shape index (κ1) is 23.4. The lowest BCUT2D eigenvalue weighted by molar-refractivity contribution is -0.896.